The minimum atomic E-state index is 0.746. The van der Waals surface area contributed by atoms with E-state index in [9.17, 15) is 0 Å². The van der Waals surface area contributed by atoms with Gasteiger partial charge in [-0.1, -0.05) is 23.4 Å². The Balaban J connectivity index is 1.19. The van der Waals surface area contributed by atoms with Crippen molar-refractivity contribution in [2.45, 2.75) is 13.0 Å². The average Bonchev–Trinajstić information content (AvgIpc) is 3.28. The van der Waals surface area contributed by atoms with E-state index < -0.39 is 0 Å². The first kappa shape index (κ1) is 21.3. The highest BCUT2D eigenvalue weighted by Crippen LogP contribution is 2.29. The van der Waals surface area contributed by atoms with Crippen LogP contribution in [-0.4, -0.2) is 73.4 Å². The summed E-state index contributed by atoms with van der Waals surface area (Å²) in [6.45, 7) is 7.13. The van der Waals surface area contributed by atoms with Gasteiger partial charge < -0.3 is 14.2 Å². The minimum absolute atomic E-state index is 0.746. The van der Waals surface area contributed by atoms with Crippen LogP contribution in [0.1, 0.15) is 12.2 Å². The summed E-state index contributed by atoms with van der Waals surface area (Å²) in [5, 5.41) is 4.23. The molecule has 3 aromatic rings. The molecule has 164 valence electrons. The van der Waals surface area contributed by atoms with Crippen molar-refractivity contribution in [3.05, 3.63) is 60.5 Å². The van der Waals surface area contributed by atoms with E-state index in [2.05, 4.69) is 44.0 Å². The molecule has 7 heteroatoms. The minimum Gasteiger partial charge on any atom is -0.496 e. The van der Waals surface area contributed by atoms with Crippen molar-refractivity contribution in [3.63, 3.8) is 0 Å². The normalized spacial score (nSPS) is 14.9. The van der Waals surface area contributed by atoms with E-state index in [1.54, 1.807) is 7.11 Å². The lowest BCUT2D eigenvalue weighted by Gasteiger charge is -2.35. The quantitative estimate of drug-likeness (QED) is 0.525. The molecule has 7 nitrogen and oxygen atoms in total. The average molecular weight is 422 g/mol. The number of benzene rings is 1. The van der Waals surface area contributed by atoms with Crippen molar-refractivity contribution in [2.75, 3.05) is 58.3 Å². The molecule has 1 aliphatic heterocycles. The molecule has 0 radical (unpaired) electrons. The van der Waals surface area contributed by atoms with Crippen molar-refractivity contribution in [2.24, 2.45) is 0 Å². The first-order chi connectivity index (χ1) is 15.2. The molecule has 0 aliphatic carbocycles. The monoisotopic (exact) mass is 421 g/mol. The number of methoxy groups -OCH3 is 1. The lowest BCUT2D eigenvalue weighted by Crippen LogP contribution is -2.47. The maximum absolute atomic E-state index is 5.57. The van der Waals surface area contributed by atoms with E-state index in [4.69, 9.17) is 9.26 Å². The second kappa shape index (κ2) is 10.4. The summed E-state index contributed by atoms with van der Waals surface area (Å²) in [6.07, 6.45) is 3.00. The summed E-state index contributed by atoms with van der Waals surface area (Å²) in [4.78, 5) is 11.7. The van der Waals surface area contributed by atoms with Gasteiger partial charge in [-0.05, 0) is 50.8 Å². The van der Waals surface area contributed by atoms with E-state index in [1.807, 2.05) is 42.6 Å². The SMILES string of the molecule is COc1ccccc1-c1cc(CN(C)CCCN2CCN(c3ccccn3)CC2)on1. The first-order valence-electron chi connectivity index (χ1n) is 10.9. The van der Waals surface area contributed by atoms with E-state index >= 15 is 0 Å². The number of para-hydroxylation sites is 1. The number of hydrogen-bond acceptors (Lipinski definition) is 7. The molecule has 0 N–H and O–H groups in total. The number of anilines is 1. The van der Waals surface area contributed by atoms with Crippen LogP contribution in [0.4, 0.5) is 5.82 Å². The fourth-order valence-corrected chi connectivity index (χ4v) is 4.02. The molecule has 1 aliphatic rings. The largest absolute Gasteiger partial charge is 0.496 e. The van der Waals surface area contributed by atoms with Crippen molar-refractivity contribution < 1.29 is 9.26 Å². The maximum atomic E-state index is 5.57. The molecule has 1 saturated heterocycles. The van der Waals surface area contributed by atoms with E-state index in [-0.39, 0.29) is 0 Å². The van der Waals surface area contributed by atoms with E-state index in [0.29, 0.717) is 0 Å². The van der Waals surface area contributed by atoms with Gasteiger partial charge in [-0.15, -0.1) is 0 Å². The smallest absolute Gasteiger partial charge is 0.151 e. The van der Waals surface area contributed by atoms with Crippen LogP contribution in [0.15, 0.2) is 59.3 Å². The first-order valence-corrected chi connectivity index (χ1v) is 10.9. The second-order valence-electron chi connectivity index (χ2n) is 7.99. The Morgan fingerprint density at radius 2 is 1.87 bits per heavy atom. The molecule has 3 heterocycles. The Labute approximate surface area is 184 Å². The number of hydrogen-bond donors (Lipinski definition) is 0. The summed E-state index contributed by atoms with van der Waals surface area (Å²) in [5.74, 6) is 2.76. The molecule has 31 heavy (non-hydrogen) atoms. The van der Waals surface area contributed by atoms with Crippen LogP contribution < -0.4 is 9.64 Å². The Morgan fingerprint density at radius 1 is 1.06 bits per heavy atom. The number of aromatic nitrogens is 2. The molecule has 2 aromatic heterocycles. The Bertz CT molecular complexity index is 938. The van der Waals surface area contributed by atoms with Crippen LogP contribution in [0.2, 0.25) is 0 Å². The molecule has 0 spiro atoms. The predicted octanol–water partition coefficient (Wildman–Crippen LogP) is 3.39. The van der Waals surface area contributed by atoms with Gasteiger partial charge >= 0.3 is 0 Å². The van der Waals surface area contributed by atoms with Crippen molar-refractivity contribution >= 4 is 5.82 Å². The highest BCUT2D eigenvalue weighted by Gasteiger charge is 2.18. The second-order valence-corrected chi connectivity index (χ2v) is 7.99. The lowest BCUT2D eigenvalue weighted by atomic mass is 10.1. The van der Waals surface area contributed by atoms with Crippen LogP contribution in [0.25, 0.3) is 11.3 Å². The Morgan fingerprint density at radius 3 is 2.65 bits per heavy atom. The number of ether oxygens (including phenoxy) is 1. The van der Waals surface area contributed by atoms with Gasteiger partial charge in [0.1, 0.15) is 17.3 Å². The van der Waals surface area contributed by atoms with Gasteiger partial charge in [-0.3, -0.25) is 9.80 Å². The fraction of sp³-hybridized carbons (Fsp3) is 0.417. The van der Waals surface area contributed by atoms with Gasteiger partial charge in [0.05, 0.1) is 13.7 Å². The molecular formula is C24H31N5O2. The molecule has 4 rings (SSSR count). The molecular weight excluding hydrogens is 390 g/mol. The van der Waals surface area contributed by atoms with Crippen LogP contribution in [0.5, 0.6) is 5.75 Å². The summed E-state index contributed by atoms with van der Waals surface area (Å²) in [5.41, 5.74) is 1.76. The standard InChI is InChI=1S/C24H31N5O2/c1-27(19-20-18-22(26-31-20)21-8-3-4-9-23(21)30-2)12-7-13-28-14-16-29(17-15-28)24-10-5-6-11-25-24/h3-6,8-11,18H,7,12-17,19H2,1-2H3. The highest BCUT2D eigenvalue weighted by atomic mass is 16.5. The maximum Gasteiger partial charge on any atom is 0.151 e. The van der Waals surface area contributed by atoms with Gasteiger partial charge in [0.25, 0.3) is 0 Å². The zero-order chi connectivity index (χ0) is 21.5. The van der Waals surface area contributed by atoms with E-state index in [0.717, 1.165) is 80.8 Å². The molecule has 1 aromatic carbocycles. The number of nitrogens with zero attached hydrogens (tertiary/aromatic N) is 5. The topological polar surface area (TPSA) is 57.9 Å². The summed E-state index contributed by atoms with van der Waals surface area (Å²) < 4.78 is 11.0. The fourth-order valence-electron chi connectivity index (χ4n) is 4.02. The Kier molecular flexibility index (Phi) is 7.17. The van der Waals surface area contributed by atoms with Gasteiger partial charge in [0.2, 0.25) is 0 Å². The molecule has 0 amide bonds. The zero-order valence-corrected chi connectivity index (χ0v) is 18.4. The van der Waals surface area contributed by atoms with Crippen molar-refractivity contribution in [3.8, 4) is 17.0 Å². The van der Waals surface area contributed by atoms with Gasteiger partial charge in [0, 0.05) is 44.0 Å². The third-order valence-corrected chi connectivity index (χ3v) is 5.73. The zero-order valence-electron chi connectivity index (χ0n) is 18.4. The van der Waals surface area contributed by atoms with E-state index in [1.165, 1.54) is 0 Å². The Hall–Kier alpha value is -2.90. The molecule has 0 unspecified atom stereocenters. The van der Waals surface area contributed by atoms with Crippen molar-refractivity contribution in [1.29, 1.82) is 0 Å². The third kappa shape index (κ3) is 5.62. The summed E-state index contributed by atoms with van der Waals surface area (Å²) >= 11 is 0. The predicted molar refractivity (Wildman–Crippen MR) is 122 cm³/mol. The summed E-state index contributed by atoms with van der Waals surface area (Å²) in [7, 11) is 3.80. The van der Waals surface area contributed by atoms with Crippen molar-refractivity contribution in [1.82, 2.24) is 19.9 Å². The van der Waals surface area contributed by atoms with Crippen LogP contribution >= 0.6 is 0 Å². The van der Waals surface area contributed by atoms with Crippen LogP contribution in [-0.2, 0) is 6.54 Å². The van der Waals surface area contributed by atoms with Crippen LogP contribution in [0.3, 0.4) is 0 Å². The van der Waals surface area contributed by atoms with Crippen LogP contribution in [0, 0.1) is 0 Å². The third-order valence-electron chi connectivity index (χ3n) is 5.73. The van der Waals surface area contributed by atoms with Gasteiger partial charge in [-0.2, -0.15) is 0 Å². The lowest BCUT2D eigenvalue weighted by molar-refractivity contribution is 0.222. The number of rotatable bonds is 9. The summed E-state index contributed by atoms with van der Waals surface area (Å²) in [6, 6.07) is 16.0. The number of pyridine rings is 1. The molecule has 1 fully saturated rings. The highest BCUT2D eigenvalue weighted by molar-refractivity contribution is 5.66. The number of piperazine rings is 1. The van der Waals surface area contributed by atoms with Gasteiger partial charge in [0.15, 0.2) is 5.76 Å². The molecule has 0 atom stereocenters. The molecule has 0 bridgehead atoms. The van der Waals surface area contributed by atoms with Gasteiger partial charge in [-0.25, -0.2) is 4.98 Å². The molecule has 0 saturated carbocycles.